The zero-order chi connectivity index (χ0) is 24.3. The van der Waals surface area contributed by atoms with E-state index in [0.717, 1.165) is 12.1 Å². The summed E-state index contributed by atoms with van der Waals surface area (Å²) in [5.74, 6) is -0.518. The smallest absolute Gasteiger partial charge is 0.351 e. The largest absolute Gasteiger partial charge is 0.416 e. The highest BCUT2D eigenvalue weighted by Gasteiger charge is 2.35. The number of anilines is 1. The number of amides is 1. The van der Waals surface area contributed by atoms with Gasteiger partial charge in [-0.05, 0) is 42.2 Å². The van der Waals surface area contributed by atoms with Gasteiger partial charge in [-0.2, -0.15) is 13.2 Å². The average molecular weight is 491 g/mol. The van der Waals surface area contributed by atoms with Gasteiger partial charge in [0.1, 0.15) is 6.54 Å². The molecule has 0 bridgehead atoms. The second-order valence-corrected chi connectivity index (χ2v) is 10.3. The van der Waals surface area contributed by atoms with E-state index in [1.807, 2.05) is 27.7 Å². The van der Waals surface area contributed by atoms with Crippen LogP contribution in [0.4, 0.5) is 18.9 Å². The van der Waals surface area contributed by atoms with Crippen molar-refractivity contribution in [3.05, 3.63) is 59.1 Å². The second-order valence-electron chi connectivity index (χ2n) is 8.07. The predicted molar refractivity (Wildman–Crippen MR) is 119 cm³/mol. The fourth-order valence-electron chi connectivity index (χ4n) is 3.36. The van der Waals surface area contributed by atoms with Gasteiger partial charge in [0.25, 0.3) is 10.0 Å². The molecule has 0 fully saturated rings. The van der Waals surface area contributed by atoms with Crippen LogP contribution in [0.15, 0.2) is 53.4 Å². The molecule has 5 nitrogen and oxygen atoms in total. The van der Waals surface area contributed by atoms with E-state index in [9.17, 15) is 26.4 Å². The van der Waals surface area contributed by atoms with Crippen LogP contribution in [0, 0.1) is 11.8 Å². The molecule has 2 aromatic carbocycles. The Balaban J connectivity index is 2.56. The fourth-order valence-corrected chi connectivity index (χ4v) is 5.09. The maximum Gasteiger partial charge on any atom is 0.416 e. The molecule has 2 aromatic rings. The lowest BCUT2D eigenvalue weighted by Crippen LogP contribution is -2.48. The van der Waals surface area contributed by atoms with Crippen molar-refractivity contribution < 1.29 is 26.4 Å². The Morgan fingerprint density at radius 3 is 2.09 bits per heavy atom. The van der Waals surface area contributed by atoms with Crippen LogP contribution in [0.1, 0.15) is 33.3 Å². The van der Waals surface area contributed by atoms with Gasteiger partial charge in [-0.3, -0.25) is 9.10 Å². The Hall–Kier alpha value is -2.26. The fraction of sp³-hybridized carbons (Fsp3) is 0.409. The molecule has 0 radical (unpaired) electrons. The number of halogens is 4. The first-order chi connectivity index (χ1) is 14.7. The minimum Gasteiger partial charge on any atom is -0.351 e. The first-order valence-corrected chi connectivity index (χ1v) is 11.8. The average Bonchev–Trinajstić information content (AvgIpc) is 2.70. The summed E-state index contributed by atoms with van der Waals surface area (Å²) in [7, 11) is -4.39. The zero-order valence-corrected chi connectivity index (χ0v) is 19.7. The zero-order valence-electron chi connectivity index (χ0n) is 18.2. The van der Waals surface area contributed by atoms with Gasteiger partial charge in [0, 0.05) is 6.04 Å². The minimum atomic E-state index is -4.72. The number of benzene rings is 2. The number of nitrogens with zero attached hydrogens (tertiary/aromatic N) is 1. The molecule has 0 saturated heterocycles. The molecule has 10 heteroatoms. The van der Waals surface area contributed by atoms with Crippen LogP contribution in [0.2, 0.25) is 5.02 Å². The maximum atomic E-state index is 13.3. The highest BCUT2D eigenvalue weighted by atomic mass is 35.5. The van der Waals surface area contributed by atoms with E-state index in [4.69, 9.17) is 11.6 Å². The Morgan fingerprint density at radius 1 is 1.03 bits per heavy atom. The maximum absolute atomic E-state index is 13.3. The SMILES string of the molecule is CC(C)C(NC(=O)CN(c1cc(C(F)(F)F)ccc1Cl)S(=O)(=O)c1ccccc1)C(C)C. The highest BCUT2D eigenvalue weighted by Crippen LogP contribution is 2.37. The molecular formula is C22H26ClF3N2O3S. The number of rotatable bonds is 8. The number of alkyl halides is 3. The number of carbonyl (C=O) groups excluding carboxylic acids is 1. The van der Waals surface area contributed by atoms with Crippen LogP contribution in [-0.2, 0) is 21.0 Å². The van der Waals surface area contributed by atoms with Gasteiger partial charge in [-0.1, -0.05) is 57.5 Å². The van der Waals surface area contributed by atoms with E-state index in [0.29, 0.717) is 10.4 Å². The Kier molecular flexibility index (Phi) is 8.22. The van der Waals surface area contributed by atoms with Crippen molar-refractivity contribution in [1.82, 2.24) is 5.32 Å². The lowest BCUT2D eigenvalue weighted by molar-refractivity contribution is -0.137. The van der Waals surface area contributed by atoms with E-state index < -0.39 is 39.9 Å². The molecule has 0 unspecified atom stereocenters. The molecule has 176 valence electrons. The molecule has 0 atom stereocenters. The third-order valence-corrected chi connectivity index (χ3v) is 7.02. The summed E-state index contributed by atoms with van der Waals surface area (Å²) in [6.45, 7) is 6.91. The summed E-state index contributed by atoms with van der Waals surface area (Å²) >= 11 is 6.12. The van der Waals surface area contributed by atoms with Gasteiger partial charge in [0.2, 0.25) is 5.91 Å². The standard InChI is InChI=1S/C22H26ClF3N2O3S/c1-14(2)21(15(3)4)27-20(29)13-28(32(30,31)17-8-6-5-7-9-17)19-12-16(22(24,25)26)10-11-18(19)23/h5-12,14-15,21H,13H2,1-4H3,(H,27,29). The molecule has 0 aromatic heterocycles. The summed E-state index contributed by atoms with van der Waals surface area (Å²) in [5.41, 5.74) is -1.50. The minimum absolute atomic E-state index is 0.0651. The molecule has 0 aliphatic carbocycles. The van der Waals surface area contributed by atoms with Crippen molar-refractivity contribution in [2.24, 2.45) is 11.8 Å². The number of hydrogen-bond donors (Lipinski definition) is 1. The van der Waals surface area contributed by atoms with Gasteiger partial charge in [-0.25, -0.2) is 8.42 Å². The predicted octanol–water partition coefficient (Wildman–Crippen LogP) is 5.35. The summed E-state index contributed by atoms with van der Waals surface area (Å²) in [5, 5.41) is 2.57. The summed E-state index contributed by atoms with van der Waals surface area (Å²) < 4.78 is 67.2. The lowest BCUT2D eigenvalue weighted by atomic mass is 9.93. The van der Waals surface area contributed by atoms with Crippen molar-refractivity contribution in [2.75, 3.05) is 10.8 Å². The van der Waals surface area contributed by atoms with Gasteiger partial charge in [0.15, 0.2) is 0 Å². The molecule has 0 aliphatic heterocycles. The van der Waals surface area contributed by atoms with Crippen LogP contribution in [0.5, 0.6) is 0 Å². The van der Waals surface area contributed by atoms with Gasteiger partial charge in [0.05, 0.1) is 21.2 Å². The quantitative estimate of drug-likeness (QED) is 0.542. The number of nitrogens with one attached hydrogen (secondary N) is 1. The Morgan fingerprint density at radius 2 is 1.59 bits per heavy atom. The Bertz CT molecular complexity index is 1030. The summed E-state index contributed by atoms with van der Waals surface area (Å²) in [6, 6.07) is 9.27. The number of carbonyl (C=O) groups is 1. The summed E-state index contributed by atoms with van der Waals surface area (Å²) in [4.78, 5) is 12.7. The molecule has 0 aliphatic rings. The van der Waals surface area contributed by atoms with Crippen LogP contribution in [-0.4, -0.2) is 26.9 Å². The second kappa shape index (κ2) is 10.1. The van der Waals surface area contributed by atoms with Crippen LogP contribution in [0.3, 0.4) is 0 Å². The van der Waals surface area contributed by atoms with E-state index >= 15 is 0 Å². The van der Waals surface area contributed by atoms with Crippen LogP contribution in [0.25, 0.3) is 0 Å². The monoisotopic (exact) mass is 490 g/mol. The van der Waals surface area contributed by atoms with E-state index in [1.54, 1.807) is 6.07 Å². The van der Waals surface area contributed by atoms with E-state index in [1.165, 1.54) is 24.3 Å². The van der Waals surface area contributed by atoms with Crippen molar-refractivity contribution in [2.45, 2.75) is 44.8 Å². The van der Waals surface area contributed by atoms with Crippen molar-refractivity contribution in [3.63, 3.8) is 0 Å². The molecule has 1 amide bonds. The first-order valence-electron chi connectivity index (χ1n) is 9.99. The van der Waals surface area contributed by atoms with Crippen LogP contribution >= 0.6 is 11.6 Å². The van der Waals surface area contributed by atoms with Gasteiger partial charge < -0.3 is 5.32 Å². The molecule has 0 heterocycles. The van der Waals surface area contributed by atoms with Gasteiger partial charge in [-0.15, -0.1) is 0 Å². The molecule has 0 saturated carbocycles. The molecule has 1 N–H and O–H groups in total. The Labute approximate surface area is 191 Å². The molecule has 0 spiro atoms. The van der Waals surface area contributed by atoms with Crippen LogP contribution < -0.4 is 9.62 Å². The van der Waals surface area contributed by atoms with Crippen molar-refractivity contribution in [3.8, 4) is 0 Å². The van der Waals surface area contributed by atoms with Gasteiger partial charge >= 0.3 is 6.18 Å². The first kappa shape index (κ1) is 26.0. The normalized spacial score (nSPS) is 12.5. The van der Waals surface area contributed by atoms with Crippen molar-refractivity contribution in [1.29, 1.82) is 0 Å². The molecular weight excluding hydrogens is 465 g/mol. The summed E-state index contributed by atoms with van der Waals surface area (Å²) in [6.07, 6.45) is -4.72. The lowest BCUT2D eigenvalue weighted by Gasteiger charge is -2.29. The topological polar surface area (TPSA) is 66.5 Å². The molecule has 2 rings (SSSR count). The number of hydrogen-bond acceptors (Lipinski definition) is 3. The van der Waals surface area contributed by atoms with Crippen molar-refractivity contribution >= 4 is 33.2 Å². The van der Waals surface area contributed by atoms with E-state index in [2.05, 4.69) is 5.32 Å². The molecule has 32 heavy (non-hydrogen) atoms. The van der Waals surface area contributed by atoms with E-state index in [-0.39, 0.29) is 27.8 Å². The third-order valence-electron chi connectivity index (χ3n) is 4.92. The number of sulfonamides is 1. The third kappa shape index (κ3) is 6.16. The highest BCUT2D eigenvalue weighted by molar-refractivity contribution is 7.92.